The van der Waals surface area contributed by atoms with Crippen LogP contribution in [0.1, 0.15) is 34.1 Å². The summed E-state index contributed by atoms with van der Waals surface area (Å²) < 4.78 is 16.6. The zero-order chi connectivity index (χ0) is 23.8. The Morgan fingerprint density at radius 3 is 1.53 bits per heavy atom. The van der Waals surface area contributed by atoms with Crippen LogP contribution < -0.4 is 14.2 Å². The van der Waals surface area contributed by atoms with E-state index in [0.717, 1.165) is 39.5 Å². The maximum atomic E-state index is 10.5. The first-order valence-electron chi connectivity index (χ1n) is 11.4. The molecular formula is C30H30O4. The van der Waals surface area contributed by atoms with Gasteiger partial charge in [0.1, 0.15) is 23.9 Å². The topological polar surface area (TPSA) is 47.9 Å². The molecule has 0 aromatic heterocycles. The molecule has 0 aliphatic carbocycles. The van der Waals surface area contributed by atoms with Gasteiger partial charge in [0, 0.05) is 11.8 Å². The number of benzene rings is 4. The van der Waals surface area contributed by atoms with Gasteiger partial charge >= 0.3 is 0 Å². The molecule has 1 unspecified atom stereocenters. The highest BCUT2D eigenvalue weighted by molar-refractivity contribution is 5.43. The molecule has 0 saturated carbocycles. The lowest BCUT2D eigenvalue weighted by Gasteiger charge is -2.28. The van der Waals surface area contributed by atoms with E-state index in [1.165, 1.54) is 0 Å². The van der Waals surface area contributed by atoms with E-state index in [1.807, 2.05) is 78.9 Å². The maximum absolute atomic E-state index is 10.5. The summed E-state index contributed by atoms with van der Waals surface area (Å²) in [6.07, 6.45) is 0. The summed E-state index contributed by atoms with van der Waals surface area (Å²) in [4.78, 5) is 0. The van der Waals surface area contributed by atoms with Crippen molar-refractivity contribution in [2.24, 2.45) is 0 Å². The van der Waals surface area contributed by atoms with Crippen molar-refractivity contribution in [1.29, 1.82) is 0 Å². The second-order valence-corrected chi connectivity index (χ2v) is 8.16. The first-order chi connectivity index (χ1) is 16.7. The molecule has 0 aliphatic rings. The second-order valence-electron chi connectivity index (χ2n) is 8.16. The molecule has 4 aromatic carbocycles. The summed E-state index contributed by atoms with van der Waals surface area (Å²) >= 11 is 0. The van der Waals surface area contributed by atoms with E-state index in [2.05, 4.69) is 24.3 Å². The van der Waals surface area contributed by atoms with E-state index in [1.54, 1.807) is 14.2 Å². The van der Waals surface area contributed by atoms with Crippen molar-refractivity contribution in [3.63, 3.8) is 0 Å². The van der Waals surface area contributed by atoms with Crippen LogP contribution in [0.2, 0.25) is 0 Å². The van der Waals surface area contributed by atoms with Gasteiger partial charge in [-0.2, -0.15) is 0 Å². The largest absolute Gasteiger partial charge is 0.497 e. The van der Waals surface area contributed by atoms with Gasteiger partial charge < -0.3 is 19.3 Å². The average molecular weight is 455 g/mol. The number of hydrogen-bond acceptors (Lipinski definition) is 4. The normalized spacial score (nSPS) is 11.8. The van der Waals surface area contributed by atoms with Gasteiger partial charge in [0.15, 0.2) is 0 Å². The Hall–Kier alpha value is -3.76. The van der Waals surface area contributed by atoms with Gasteiger partial charge in [0.05, 0.1) is 20.8 Å². The van der Waals surface area contributed by atoms with Crippen molar-refractivity contribution in [3.05, 3.63) is 125 Å². The average Bonchev–Trinajstić information content (AvgIpc) is 2.92. The van der Waals surface area contributed by atoms with Crippen LogP contribution in [0.15, 0.2) is 103 Å². The van der Waals surface area contributed by atoms with E-state index in [4.69, 9.17) is 14.2 Å². The van der Waals surface area contributed by atoms with Gasteiger partial charge in [0.2, 0.25) is 0 Å². The minimum atomic E-state index is -0.134. The smallest absolute Gasteiger partial charge is 0.119 e. The quantitative estimate of drug-likeness (QED) is 0.310. The lowest BCUT2D eigenvalue weighted by Crippen LogP contribution is -2.16. The molecule has 0 heterocycles. The van der Waals surface area contributed by atoms with E-state index >= 15 is 0 Å². The minimum Gasteiger partial charge on any atom is -0.497 e. The molecule has 0 amide bonds. The Kier molecular flexibility index (Phi) is 7.84. The lowest BCUT2D eigenvalue weighted by atomic mass is 9.77. The molecule has 0 aliphatic heterocycles. The molecule has 174 valence electrons. The summed E-state index contributed by atoms with van der Waals surface area (Å²) in [7, 11) is 3.32. The van der Waals surface area contributed by atoms with Crippen molar-refractivity contribution in [2.75, 3.05) is 20.8 Å². The van der Waals surface area contributed by atoms with E-state index in [0.29, 0.717) is 6.61 Å². The van der Waals surface area contributed by atoms with Crippen molar-refractivity contribution in [2.45, 2.75) is 18.4 Å². The molecule has 1 N–H and O–H groups in total. The molecule has 0 spiro atoms. The minimum absolute atomic E-state index is 0.00689. The number of aliphatic hydroxyl groups excluding tert-OH is 1. The second kappa shape index (κ2) is 11.4. The Bertz CT molecular complexity index is 1090. The Morgan fingerprint density at radius 2 is 1.06 bits per heavy atom. The van der Waals surface area contributed by atoms with Crippen LogP contribution in [0.3, 0.4) is 0 Å². The van der Waals surface area contributed by atoms with Crippen molar-refractivity contribution < 1.29 is 19.3 Å². The third-order valence-electron chi connectivity index (χ3n) is 6.11. The first-order valence-corrected chi connectivity index (χ1v) is 11.4. The number of rotatable bonds is 10. The van der Waals surface area contributed by atoms with Gasteiger partial charge in [0.25, 0.3) is 0 Å². The highest BCUT2D eigenvalue weighted by atomic mass is 16.5. The lowest BCUT2D eigenvalue weighted by molar-refractivity contribution is 0.255. The van der Waals surface area contributed by atoms with Crippen LogP contribution in [0.25, 0.3) is 0 Å². The zero-order valence-corrected chi connectivity index (χ0v) is 19.6. The summed E-state index contributed by atoms with van der Waals surface area (Å²) in [5, 5.41) is 10.5. The number of aliphatic hydroxyl groups is 1. The monoisotopic (exact) mass is 454 g/mol. The first kappa shape index (κ1) is 23.4. The van der Waals surface area contributed by atoms with Crippen LogP contribution in [0.5, 0.6) is 17.2 Å². The predicted octanol–water partition coefficient (Wildman–Crippen LogP) is 6.19. The fraction of sp³-hybridized carbons (Fsp3) is 0.200. The van der Waals surface area contributed by atoms with E-state index < -0.39 is 0 Å². The number of hydrogen-bond donors (Lipinski definition) is 1. The Labute approximate surface area is 201 Å². The summed E-state index contributed by atoms with van der Waals surface area (Å²) in [5.41, 5.74) is 4.38. The summed E-state index contributed by atoms with van der Waals surface area (Å²) in [5.74, 6) is 2.23. The molecule has 4 heteroatoms. The summed E-state index contributed by atoms with van der Waals surface area (Å²) in [6, 6.07) is 34.2. The van der Waals surface area contributed by atoms with Crippen molar-refractivity contribution in [3.8, 4) is 17.2 Å². The fourth-order valence-corrected chi connectivity index (χ4v) is 4.23. The molecule has 1 atom stereocenters. The Morgan fingerprint density at radius 1 is 0.588 bits per heavy atom. The zero-order valence-electron chi connectivity index (χ0n) is 19.6. The van der Waals surface area contributed by atoms with Gasteiger partial charge in [-0.05, 0) is 58.7 Å². The third-order valence-corrected chi connectivity index (χ3v) is 6.11. The molecule has 0 radical (unpaired) electrons. The van der Waals surface area contributed by atoms with Gasteiger partial charge in [-0.1, -0.05) is 66.7 Å². The highest BCUT2D eigenvalue weighted by Crippen LogP contribution is 2.39. The molecule has 4 aromatic rings. The van der Waals surface area contributed by atoms with Gasteiger partial charge in [-0.25, -0.2) is 0 Å². The van der Waals surface area contributed by atoms with Crippen molar-refractivity contribution in [1.82, 2.24) is 0 Å². The highest BCUT2D eigenvalue weighted by Gasteiger charge is 2.26. The third kappa shape index (κ3) is 5.59. The SMILES string of the molecule is COc1ccc(C(c2ccc(OC)cc2)C(CO)c2ccc(OCc3ccccc3)cc2)cc1. The number of ether oxygens (including phenoxy) is 3. The molecule has 0 fully saturated rings. The fourth-order valence-electron chi connectivity index (χ4n) is 4.23. The van der Waals surface area contributed by atoms with Gasteiger partial charge in [-0.3, -0.25) is 0 Å². The standard InChI is InChI=1S/C30H30O4/c1-32-26-14-10-24(11-15-26)30(25-12-16-27(33-2)17-13-25)29(20-31)23-8-18-28(19-9-23)34-21-22-6-4-3-5-7-22/h3-19,29-31H,20-21H2,1-2H3. The summed E-state index contributed by atoms with van der Waals surface area (Å²) in [6.45, 7) is 0.525. The van der Waals surface area contributed by atoms with Crippen LogP contribution >= 0.6 is 0 Å². The Balaban J connectivity index is 1.61. The van der Waals surface area contributed by atoms with E-state index in [9.17, 15) is 5.11 Å². The number of methoxy groups -OCH3 is 2. The molecule has 34 heavy (non-hydrogen) atoms. The molecule has 4 nitrogen and oxygen atoms in total. The molecule has 0 saturated heterocycles. The van der Waals surface area contributed by atoms with Crippen LogP contribution in [0, 0.1) is 0 Å². The van der Waals surface area contributed by atoms with Crippen molar-refractivity contribution >= 4 is 0 Å². The van der Waals surface area contributed by atoms with Crippen LogP contribution in [0.4, 0.5) is 0 Å². The molecular weight excluding hydrogens is 424 g/mol. The molecule has 0 bridgehead atoms. The maximum Gasteiger partial charge on any atom is 0.119 e. The van der Waals surface area contributed by atoms with Crippen LogP contribution in [-0.4, -0.2) is 25.9 Å². The molecule has 4 rings (SSSR count). The van der Waals surface area contributed by atoms with Crippen LogP contribution in [-0.2, 0) is 6.61 Å². The van der Waals surface area contributed by atoms with Gasteiger partial charge in [-0.15, -0.1) is 0 Å². The van der Waals surface area contributed by atoms with E-state index in [-0.39, 0.29) is 18.4 Å². The predicted molar refractivity (Wildman–Crippen MR) is 135 cm³/mol.